The molecule has 2 aromatic carbocycles. The lowest BCUT2D eigenvalue weighted by Crippen LogP contribution is -2.29. The number of fused-ring (bicyclic) bond motifs is 3. The molecule has 0 radical (unpaired) electrons. The van der Waals surface area contributed by atoms with Gasteiger partial charge >= 0.3 is 0 Å². The van der Waals surface area contributed by atoms with Crippen molar-refractivity contribution < 1.29 is 14.0 Å². The standard InChI is InChI=1S/C26H24N3O2/c1-17-27-26-22(28(17)2)12-13-29-23(15-19-14-20(30-3)10-11-25(19)31-4)21(16-24(26)29)18-8-6-5-7-9-18/h5-16H,1-4H3/q+1/b23-15-. The second-order valence-corrected chi connectivity index (χ2v) is 7.58. The summed E-state index contributed by atoms with van der Waals surface area (Å²) in [4.78, 5) is 4.84. The lowest BCUT2D eigenvalue weighted by atomic mass is 10.1. The minimum Gasteiger partial charge on any atom is -0.497 e. The smallest absolute Gasteiger partial charge is 0.296 e. The molecule has 0 atom stereocenters. The van der Waals surface area contributed by atoms with Crippen molar-refractivity contribution in [2.75, 3.05) is 14.2 Å². The van der Waals surface area contributed by atoms with Crippen LogP contribution in [-0.2, 0) is 7.05 Å². The second-order valence-electron chi connectivity index (χ2n) is 7.58. The van der Waals surface area contributed by atoms with Gasteiger partial charge in [-0.3, -0.25) is 0 Å². The molecule has 0 bridgehead atoms. The number of nitrogens with zero attached hydrogens (tertiary/aromatic N) is 3. The van der Waals surface area contributed by atoms with Gasteiger partial charge in [-0.05, 0) is 40.9 Å². The molecule has 0 aliphatic rings. The van der Waals surface area contributed by atoms with E-state index in [0.29, 0.717) is 0 Å². The maximum Gasteiger partial charge on any atom is 0.296 e. The van der Waals surface area contributed by atoms with E-state index in [9.17, 15) is 0 Å². The van der Waals surface area contributed by atoms with E-state index in [4.69, 9.17) is 14.5 Å². The summed E-state index contributed by atoms with van der Waals surface area (Å²) in [5.41, 5.74) is 6.44. The number of imidazole rings is 1. The first kappa shape index (κ1) is 19.1. The number of ether oxygens (including phenoxy) is 2. The highest BCUT2D eigenvalue weighted by Gasteiger charge is 2.20. The Bertz CT molecular complexity index is 1470. The van der Waals surface area contributed by atoms with Crippen LogP contribution in [0.5, 0.6) is 11.5 Å². The van der Waals surface area contributed by atoms with Crippen molar-refractivity contribution in [3.63, 3.8) is 0 Å². The highest BCUT2D eigenvalue weighted by molar-refractivity contribution is 5.91. The highest BCUT2D eigenvalue weighted by Crippen LogP contribution is 2.27. The average Bonchev–Trinajstić information content (AvgIpc) is 3.31. The zero-order valence-electron chi connectivity index (χ0n) is 18.1. The van der Waals surface area contributed by atoms with Crippen molar-refractivity contribution in [2.45, 2.75) is 6.92 Å². The van der Waals surface area contributed by atoms with Crippen molar-refractivity contribution in [2.24, 2.45) is 7.05 Å². The van der Waals surface area contributed by atoms with Crippen LogP contribution in [0.1, 0.15) is 11.4 Å². The van der Waals surface area contributed by atoms with Crippen LogP contribution in [-0.4, -0.2) is 23.6 Å². The Hall–Kier alpha value is -3.86. The molecule has 5 nitrogen and oxygen atoms in total. The minimum absolute atomic E-state index is 0.789. The minimum atomic E-state index is 0.789. The first-order valence-corrected chi connectivity index (χ1v) is 10.2. The summed E-state index contributed by atoms with van der Waals surface area (Å²) in [6, 6.07) is 20.6. The lowest BCUT2D eigenvalue weighted by Gasteiger charge is -2.07. The normalized spacial score (nSPS) is 12.1. The SMILES string of the molecule is COc1ccc(OC)c(/C=c2/c(-c3ccccc3)cc3c4nc(C)[n+](C)c4ccn23)c1. The predicted molar refractivity (Wildman–Crippen MR) is 122 cm³/mol. The summed E-state index contributed by atoms with van der Waals surface area (Å²) in [5, 5.41) is 1.07. The molecular weight excluding hydrogens is 386 g/mol. The Labute approximate surface area is 180 Å². The summed E-state index contributed by atoms with van der Waals surface area (Å²) >= 11 is 0. The number of rotatable bonds is 4. The maximum atomic E-state index is 5.63. The molecule has 0 N–H and O–H groups in total. The molecule has 154 valence electrons. The Morgan fingerprint density at radius 3 is 2.52 bits per heavy atom. The number of aryl methyl sites for hydroxylation is 2. The van der Waals surface area contributed by atoms with Gasteiger partial charge in [0.05, 0.1) is 26.6 Å². The van der Waals surface area contributed by atoms with Crippen LogP contribution >= 0.6 is 0 Å². The van der Waals surface area contributed by atoms with Gasteiger partial charge in [-0.15, -0.1) is 0 Å². The van der Waals surface area contributed by atoms with Crippen molar-refractivity contribution >= 4 is 22.6 Å². The van der Waals surface area contributed by atoms with E-state index in [1.165, 1.54) is 0 Å². The van der Waals surface area contributed by atoms with E-state index in [2.05, 4.69) is 64.7 Å². The molecule has 5 aromatic rings. The van der Waals surface area contributed by atoms with Crippen LogP contribution < -0.4 is 19.4 Å². The zero-order chi connectivity index (χ0) is 21.5. The number of hydrogen-bond donors (Lipinski definition) is 0. The van der Waals surface area contributed by atoms with Crippen LogP contribution in [0.3, 0.4) is 0 Å². The molecule has 5 rings (SSSR count). The molecule has 0 amide bonds. The third-order valence-electron chi connectivity index (χ3n) is 5.88. The predicted octanol–water partition coefficient (Wildman–Crippen LogP) is 3.85. The summed E-state index contributed by atoms with van der Waals surface area (Å²) < 4.78 is 15.4. The first-order chi connectivity index (χ1) is 15.1. The van der Waals surface area contributed by atoms with E-state index in [0.717, 1.165) is 55.9 Å². The van der Waals surface area contributed by atoms with E-state index in [1.54, 1.807) is 14.2 Å². The molecule has 0 saturated carbocycles. The van der Waals surface area contributed by atoms with Gasteiger partial charge in [-0.1, -0.05) is 30.3 Å². The van der Waals surface area contributed by atoms with Crippen LogP contribution in [0.25, 0.3) is 33.8 Å². The van der Waals surface area contributed by atoms with Gasteiger partial charge in [-0.2, -0.15) is 0 Å². The van der Waals surface area contributed by atoms with Crippen LogP contribution in [0.15, 0.2) is 66.9 Å². The Balaban J connectivity index is 1.90. The monoisotopic (exact) mass is 410 g/mol. The summed E-state index contributed by atoms with van der Waals surface area (Å²) in [5.74, 6) is 2.58. The first-order valence-electron chi connectivity index (χ1n) is 10.2. The Morgan fingerprint density at radius 2 is 1.77 bits per heavy atom. The van der Waals surface area contributed by atoms with Gasteiger partial charge < -0.3 is 13.9 Å². The molecule has 0 saturated heterocycles. The Kier molecular flexibility index (Phi) is 4.59. The second kappa shape index (κ2) is 7.43. The molecule has 31 heavy (non-hydrogen) atoms. The Morgan fingerprint density at radius 1 is 0.968 bits per heavy atom. The molecule has 0 fully saturated rings. The van der Waals surface area contributed by atoms with Crippen molar-refractivity contribution in [3.05, 3.63) is 83.6 Å². The molecule has 3 aromatic heterocycles. The van der Waals surface area contributed by atoms with E-state index in [1.807, 2.05) is 31.2 Å². The van der Waals surface area contributed by atoms with Gasteiger partial charge in [0.15, 0.2) is 5.52 Å². The van der Waals surface area contributed by atoms with Gasteiger partial charge in [-0.25, -0.2) is 4.57 Å². The summed E-state index contributed by atoms with van der Waals surface area (Å²) in [6.07, 6.45) is 4.27. The van der Waals surface area contributed by atoms with Gasteiger partial charge in [0, 0.05) is 30.3 Å². The average molecular weight is 410 g/mol. The number of hydrogen-bond acceptors (Lipinski definition) is 3. The van der Waals surface area contributed by atoms with Crippen LogP contribution in [0.4, 0.5) is 0 Å². The van der Waals surface area contributed by atoms with Crippen LogP contribution in [0, 0.1) is 6.92 Å². The quantitative estimate of drug-likeness (QED) is 0.423. The third-order valence-corrected chi connectivity index (χ3v) is 5.88. The molecule has 3 heterocycles. The van der Waals surface area contributed by atoms with Crippen molar-refractivity contribution in [1.82, 2.24) is 9.38 Å². The largest absolute Gasteiger partial charge is 0.497 e. The number of pyridine rings is 1. The molecule has 0 aliphatic carbocycles. The molecule has 0 spiro atoms. The fourth-order valence-corrected chi connectivity index (χ4v) is 4.13. The number of benzene rings is 2. The molecular formula is C26H24N3O2+. The van der Waals surface area contributed by atoms with Crippen LogP contribution in [0.2, 0.25) is 0 Å². The number of methoxy groups -OCH3 is 2. The van der Waals surface area contributed by atoms with E-state index in [-0.39, 0.29) is 0 Å². The summed E-state index contributed by atoms with van der Waals surface area (Å²) in [7, 11) is 5.41. The highest BCUT2D eigenvalue weighted by atomic mass is 16.5. The lowest BCUT2D eigenvalue weighted by molar-refractivity contribution is -0.651. The third kappa shape index (κ3) is 3.10. The maximum absolute atomic E-state index is 5.63. The van der Waals surface area contributed by atoms with Gasteiger partial charge in [0.1, 0.15) is 17.0 Å². The van der Waals surface area contributed by atoms with Gasteiger partial charge in [0.25, 0.3) is 5.82 Å². The van der Waals surface area contributed by atoms with E-state index >= 15 is 0 Å². The zero-order valence-corrected chi connectivity index (χ0v) is 18.1. The molecule has 0 aliphatic heterocycles. The van der Waals surface area contributed by atoms with Crippen molar-refractivity contribution in [1.29, 1.82) is 0 Å². The van der Waals surface area contributed by atoms with Gasteiger partial charge in [0.2, 0.25) is 5.52 Å². The summed E-state index contributed by atoms with van der Waals surface area (Å²) in [6.45, 7) is 2.03. The number of aromatic nitrogens is 3. The topological polar surface area (TPSA) is 39.6 Å². The molecule has 5 heteroatoms. The van der Waals surface area contributed by atoms with E-state index < -0.39 is 0 Å². The fourth-order valence-electron chi connectivity index (χ4n) is 4.13. The fraction of sp³-hybridized carbons (Fsp3) is 0.154. The molecule has 0 unspecified atom stereocenters. The van der Waals surface area contributed by atoms with Crippen molar-refractivity contribution in [3.8, 4) is 22.6 Å².